The van der Waals surface area contributed by atoms with E-state index in [4.69, 9.17) is 4.74 Å². The first-order valence-corrected chi connectivity index (χ1v) is 5.82. The molecule has 0 bridgehead atoms. The number of phenols is 1. The molecule has 1 fully saturated rings. The topological polar surface area (TPSA) is 41.5 Å². The van der Waals surface area contributed by atoms with Gasteiger partial charge < -0.3 is 15.2 Å². The molecule has 1 unspecified atom stereocenters. The molecule has 0 aromatic heterocycles. The summed E-state index contributed by atoms with van der Waals surface area (Å²) in [4.78, 5) is 0. The normalized spacial score (nSPS) is 16.9. The number of ether oxygens (including phenoxy) is 1. The molecule has 1 aromatic rings. The number of rotatable bonds is 5. The molecule has 0 heterocycles. The lowest BCUT2D eigenvalue weighted by Crippen LogP contribution is -2.15. The molecular formula is C13H19NO2. The Bertz CT molecular complexity index is 361. The summed E-state index contributed by atoms with van der Waals surface area (Å²) >= 11 is 0. The zero-order valence-electron chi connectivity index (χ0n) is 9.86. The van der Waals surface area contributed by atoms with Gasteiger partial charge in [0.25, 0.3) is 0 Å². The van der Waals surface area contributed by atoms with Crippen LogP contribution in [0.15, 0.2) is 18.2 Å². The summed E-state index contributed by atoms with van der Waals surface area (Å²) in [6.45, 7) is 2.18. The van der Waals surface area contributed by atoms with Gasteiger partial charge in [0.2, 0.25) is 0 Å². The second-order valence-electron chi connectivity index (χ2n) is 4.61. The van der Waals surface area contributed by atoms with Gasteiger partial charge >= 0.3 is 0 Å². The van der Waals surface area contributed by atoms with Gasteiger partial charge in [0.1, 0.15) is 0 Å². The third kappa shape index (κ3) is 2.81. The first kappa shape index (κ1) is 11.1. The number of anilines is 1. The number of nitrogens with one attached hydrogen (secondary N) is 1. The van der Waals surface area contributed by atoms with E-state index in [1.54, 1.807) is 19.2 Å². The highest BCUT2D eigenvalue weighted by Crippen LogP contribution is 2.34. The van der Waals surface area contributed by atoms with Crippen LogP contribution >= 0.6 is 0 Å². The molecule has 2 N–H and O–H groups in total. The molecule has 1 aromatic carbocycles. The van der Waals surface area contributed by atoms with Crippen LogP contribution in [-0.2, 0) is 0 Å². The Kier molecular flexibility index (Phi) is 3.22. The molecule has 0 radical (unpaired) electrons. The van der Waals surface area contributed by atoms with Crippen molar-refractivity contribution in [2.24, 2.45) is 5.92 Å². The van der Waals surface area contributed by atoms with Crippen LogP contribution in [0.1, 0.15) is 26.2 Å². The van der Waals surface area contributed by atoms with Crippen LogP contribution in [0.4, 0.5) is 5.69 Å². The van der Waals surface area contributed by atoms with Gasteiger partial charge in [-0.05, 0) is 31.4 Å². The van der Waals surface area contributed by atoms with Gasteiger partial charge in [-0.15, -0.1) is 0 Å². The van der Waals surface area contributed by atoms with Crippen molar-refractivity contribution in [3.05, 3.63) is 18.2 Å². The predicted octanol–water partition coefficient (Wildman–Crippen LogP) is 3.00. The number of hydrogen-bond acceptors (Lipinski definition) is 3. The second kappa shape index (κ2) is 4.64. The molecule has 0 saturated heterocycles. The predicted molar refractivity (Wildman–Crippen MR) is 65.1 cm³/mol. The van der Waals surface area contributed by atoms with Gasteiger partial charge in [0.15, 0.2) is 11.5 Å². The molecular weight excluding hydrogens is 202 g/mol. The molecule has 1 aliphatic carbocycles. The van der Waals surface area contributed by atoms with E-state index in [0.717, 1.165) is 11.6 Å². The lowest BCUT2D eigenvalue weighted by atomic mass is 10.1. The minimum atomic E-state index is 0.186. The Morgan fingerprint density at radius 2 is 2.25 bits per heavy atom. The fourth-order valence-corrected chi connectivity index (χ4v) is 1.98. The lowest BCUT2D eigenvalue weighted by molar-refractivity contribution is 0.373. The molecule has 1 saturated carbocycles. The maximum Gasteiger partial charge on any atom is 0.160 e. The number of methoxy groups -OCH3 is 1. The maximum absolute atomic E-state index is 9.63. The van der Waals surface area contributed by atoms with Crippen molar-refractivity contribution in [1.82, 2.24) is 0 Å². The Balaban J connectivity index is 1.95. The van der Waals surface area contributed by atoms with E-state index in [2.05, 4.69) is 12.2 Å². The van der Waals surface area contributed by atoms with Crippen LogP contribution in [0.25, 0.3) is 0 Å². The Morgan fingerprint density at radius 3 is 2.81 bits per heavy atom. The van der Waals surface area contributed by atoms with E-state index >= 15 is 0 Å². The molecule has 1 aliphatic rings. The molecule has 3 nitrogen and oxygen atoms in total. The van der Waals surface area contributed by atoms with Gasteiger partial charge in [0.05, 0.1) is 7.11 Å². The first-order chi connectivity index (χ1) is 7.69. The monoisotopic (exact) mass is 221 g/mol. The van der Waals surface area contributed by atoms with E-state index in [-0.39, 0.29) is 5.75 Å². The van der Waals surface area contributed by atoms with Crippen molar-refractivity contribution in [2.45, 2.75) is 32.2 Å². The highest BCUT2D eigenvalue weighted by atomic mass is 16.5. The van der Waals surface area contributed by atoms with Crippen molar-refractivity contribution < 1.29 is 9.84 Å². The van der Waals surface area contributed by atoms with Gasteiger partial charge in [-0.1, -0.05) is 12.8 Å². The van der Waals surface area contributed by atoms with Crippen molar-refractivity contribution in [3.8, 4) is 11.5 Å². The van der Waals surface area contributed by atoms with Crippen molar-refractivity contribution in [3.63, 3.8) is 0 Å². The molecule has 1 atom stereocenters. The zero-order valence-corrected chi connectivity index (χ0v) is 9.86. The summed E-state index contributed by atoms with van der Waals surface area (Å²) in [7, 11) is 1.55. The summed E-state index contributed by atoms with van der Waals surface area (Å²) in [6, 6.07) is 5.88. The van der Waals surface area contributed by atoms with E-state index in [0.29, 0.717) is 11.8 Å². The van der Waals surface area contributed by atoms with E-state index < -0.39 is 0 Å². The standard InChI is InChI=1S/C13H19NO2/c1-9(7-10-3-4-10)14-11-5-6-13(16-2)12(15)8-11/h5-6,8-10,14-15H,3-4,7H2,1-2H3. The SMILES string of the molecule is COc1ccc(NC(C)CC2CC2)cc1O. The van der Waals surface area contributed by atoms with Crippen LogP contribution in [-0.4, -0.2) is 18.3 Å². The number of aromatic hydroxyl groups is 1. The molecule has 16 heavy (non-hydrogen) atoms. The van der Waals surface area contributed by atoms with Gasteiger partial charge in [-0.2, -0.15) is 0 Å². The van der Waals surface area contributed by atoms with Gasteiger partial charge in [-0.25, -0.2) is 0 Å². The molecule has 0 spiro atoms. The van der Waals surface area contributed by atoms with E-state index in [1.165, 1.54) is 19.3 Å². The molecule has 0 amide bonds. The second-order valence-corrected chi connectivity index (χ2v) is 4.61. The van der Waals surface area contributed by atoms with Crippen LogP contribution in [0, 0.1) is 5.92 Å². The van der Waals surface area contributed by atoms with E-state index in [1.807, 2.05) is 6.07 Å². The fraction of sp³-hybridized carbons (Fsp3) is 0.538. The lowest BCUT2D eigenvalue weighted by Gasteiger charge is -2.15. The zero-order chi connectivity index (χ0) is 11.5. The van der Waals surface area contributed by atoms with Crippen LogP contribution < -0.4 is 10.1 Å². The summed E-state index contributed by atoms with van der Waals surface area (Å²) in [6.07, 6.45) is 3.96. The maximum atomic E-state index is 9.63. The smallest absolute Gasteiger partial charge is 0.160 e. The van der Waals surface area contributed by atoms with Crippen LogP contribution in [0.2, 0.25) is 0 Å². The average molecular weight is 221 g/mol. The summed E-state index contributed by atoms with van der Waals surface area (Å²) in [5.41, 5.74) is 0.950. The van der Waals surface area contributed by atoms with Crippen LogP contribution in [0.5, 0.6) is 11.5 Å². The number of hydrogen-bond donors (Lipinski definition) is 2. The van der Waals surface area contributed by atoms with Crippen molar-refractivity contribution >= 4 is 5.69 Å². The number of benzene rings is 1. The molecule has 88 valence electrons. The minimum Gasteiger partial charge on any atom is -0.504 e. The fourth-order valence-electron chi connectivity index (χ4n) is 1.98. The summed E-state index contributed by atoms with van der Waals surface area (Å²) in [5, 5.41) is 13.0. The van der Waals surface area contributed by atoms with Gasteiger partial charge in [0, 0.05) is 17.8 Å². The summed E-state index contributed by atoms with van der Waals surface area (Å²) < 4.78 is 5.00. The Morgan fingerprint density at radius 1 is 1.50 bits per heavy atom. The molecule has 0 aliphatic heterocycles. The largest absolute Gasteiger partial charge is 0.504 e. The summed E-state index contributed by atoms with van der Waals surface area (Å²) in [5.74, 6) is 1.61. The molecule has 3 heteroatoms. The third-order valence-electron chi connectivity index (χ3n) is 2.98. The highest BCUT2D eigenvalue weighted by Gasteiger charge is 2.23. The molecule has 2 rings (SSSR count). The van der Waals surface area contributed by atoms with Crippen molar-refractivity contribution in [2.75, 3.05) is 12.4 Å². The average Bonchev–Trinajstić information content (AvgIpc) is 3.01. The third-order valence-corrected chi connectivity index (χ3v) is 2.98. The van der Waals surface area contributed by atoms with Gasteiger partial charge in [-0.3, -0.25) is 0 Å². The Labute approximate surface area is 96.4 Å². The Hall–Kier alpha value is -1.38. The highest BCUT2D eigenvalue weighted by molar-refractivity contribution is 5.54. The van der Waals surface area contributed by atoms with Crippen molar-refractivity contribution in [1.29, 1.82) is 0 Å². The first-order valence-electron chi connectivity index (χ1n) is 5.82. The minimum absolute atomic E-state index is 0.186. The quantitative estimate of drug-likeness (QED) is 0.803. The number of phenolic OH excluding ortho intramolecular Hbond substituents is 1. The van der Waals surface area contributed by atoms with Crippen LogP contribution in [0.3, 0.4) is 0 Å². The van der Waals surface area contributed by atoms with E-state index in [9.17, 15) is 5.11 Å².